The molecule has 0 unspecified atom stereocenters. The molecule has 2 amide bonds. The van der Waals surface area contributed by atoms with Crippen LogP contribution < -0.4 is 16.0 Å². The normalized spacial score (nSPS) is 9.80. The van der Waals surface area contributed by atoms with Crippen LogP contribution >= 0.6 is 12.4 Å². The molecular weight excluding hydrogens is 278 g/mol. The molecule has 0 aliphatic carbocycles. The monoisotopic (exact) mass is 299 g/mol. The van der Waals surface area contributed by atoms with E-state index < -0.39 is 0 Å². The zero-order valence-corrected chi connectivity index (χ0v) is 12.8. The molecular formula is C14H22ClN3O2. The van der Waals surface area contributed by atoms with Crippen molar-refractivity contribution in [3.05, 3.63) is 24.3 Å². The molecule has 20 heavy (non-hydrogen) atoms. The molecule has 1 rings (SSSR count). The number of hydrogen-bond donors (Lipinski definition) is 3. The van der Waals surface area contributed by atoms with E-state index in [9.17, 15) is 9.59 Å². The second-order valence-corrected chi connectivity index (χ2v) is 4.62. The zero-order chi connectivity index (χ0) is 14.3. The van der Waals surface area contributed by atoms with Gasteiger partial charge in [-0.3, -0.25) is 9.59 Å². The molecule has 0 saturated carbocycles. The molecule has 0 fully saturated rings. The van der Waals surface area contributed by atoms with Crippen molar-refractivity contribution in [2.24, 2.45) is 5.92 Å². The number of benzene rings is 1. The number of carbonyl (C=O) groups excluding carboxylic acids is 2. The molecule has 6 heteroatoms. The first-order valence-electron chi connectivity index (χ1n) is 6.38. The van der Waals surface area contributed by atoms with Crippen LogP contribution in [0.5, 0.6) is 0 Å². The minimum Gasteiger partial charge on any atom is -0.326 e. The molecule has 0 saturated heterocycles. The predicted molar refractivity (Wildman–Crippen MR) is 84.3 cm³/mol. The topological polar surface area (TPSA) is 70.2 Å². The Morgan fingerprint density at radius 2 is 1.55 bits per heavy atom. The van der Waals surface area contributed by atoms with Crippen LogP contribution in [0, 0.1) is 5.92 Å². The van der Waals surface area contributed by atoms with E-state index in [0.29, 0.717) is 13.0 Å². The summed E-state index contributed by atoms with van der Waals surface area (Å²) in [6.45, 7) is 4.33. The maximum absolute atomic E-state index is 11.5. The van der Waals surface area contributed by atoms with E-state index in [1.54, 1.807) is 31.3 Å². The quantitative estimate of drug-likeness (QED) is 0.754. The summed E-state index contributed by atoms with van der Waals surface area (Å²) in [6.07, 6.45) is 0.433. The molecule has 0 aliphatic rings. The Morgan fingerprint density at radius 3 is 2.00 bits per heavy atom. The molecule has 0 aromatic heterocycles. The summed E-state index contributed by atoms with van der Waals surface area (Å²) in [7, 11) is 1.81. The summed E-state index contributed by atoms with van der Waals surface area (Å²) in [4.78, 5) is 23.0. The Kier molecular flexibility index (Phi) is 8.59. The number of hydrogen-bond acceptors (Lipinski definition) is 3. The van der Waals surface area contributed by atoms with Crippen LogP contribution in [0.15, 0.2) is 24.3 Å². The molecule has 3 N–H and O–H groups in total. The van der Waals surface area contributed by atoms with Gasteiger partial charge < -0.3 is 16.0 Å². The Labute approximate surface area is 125 Å². The van der Waals surface area contributed by atoms with E-state index in [1.807, 2.05) is 13.8 Å². The largest absolute Gasteiger partial charge is 0.326 e. The van der Waals surface area contributed by atoms with E-state index in [0.717, 1.165) is 11.4 Å². The van der Waals surface area contributed by atoms with Gasteiger partial charge in [0.1, 0.15) is 0 Å². The van der Waals surface area contributed by atoms with E-state index >= 15 is 0 Å². The fraction of sp³-hybridized carbons (Fsp3) is 0.429. The summed E-state index contributed by atoms with van der Waals surface area (Å²) < 4.78 is 0. The number of halogens is 1. The van der Waals surface area contributed by atoms with Crippen molar-refractivity contribution in [1.82, 2.24) is 5.32 Å². The van der Waals surface area contributed by atoms with Gasteiger partial charge in [-0.25, -0.2) is 0 Å². The lowest BCUT2D eigenvalue weighted by atomic mass is 10.2. The summed E-state index contributed by atoms with van der Waals surface area (Å²) >= 11 is 0. The summed E-state index contributed by atoms with van der Waals surface area (Å²) in [5.74, 6) is -0.111. The summed E-state index contributed by atoms with van der Waals surface area (Å²) in [5, 5.41) is 8.50. The lowest BCUT2D eigenvalue weighted by Crippen LogP contribution is -2.19. The first-order valence-corrected chi connectivity index (χ1v) is 6.38. The summed E-state index contributed by atoms with van der Waals surface area (Å²) in [6, 6.07) is 7.09. The van der Waals surface area contributed by atoms with E-state index in [-0.39, 0.29) is 30.1 Å². The highest BCUT2D eigenvalue weighted by Crippen LogP contribution is 2.14. The molecule has 1 aromatic carbocycles. The second-order valence-electron chi connectivity index (χ2n) is 4.62. The molecule has 5 nitrogen and oxygen atoms in total. The first-order chi connectivity index (χ1) is 9.02. The van der Waals surface area contributed by atoms with Crippen molar-refractivity contribution in [2.75, 3.05) is 24.2 Å². The Hall–Kier alpha value is -1.59. The third kappa shape index (κ3) is 6.54. The van der Waals surface area contributed by atoms with Crippen LogP contribution in [0.4, 0.5) is 11.4 Å². The van der Waals surface area contributed by atoms with Crippen LogP contribution in [0.2, 0.25) is 0 Å². The molecule has 0 aliphatic heterocycles. The maximum atomic E-state index is 11.5. The van der Waals surface area contributed by atoms with E-state index in [2.05, 4.69) is 16.0 Å². The second kappa shape index (κ2) is 9.34. The third-order valence-corrected chi connectivity index (χ3v) is 2.56. The van der Waals surface area contributed by atoms with E-state index in [1.165, 1.54) is 0 Å². The van der Waals surface area contributed by atoms with Crippen molar-refractivity contribution < 1.29 is 9.59 Å². The van der Waals surface area contributed by atoms with Gasteiger partial charge in [0.25, 0.3) is 0 Å². The zero-order valence-electron chi connectivity index (χ0n) is 12.0. The number of carbonyl (C=O) groups is 2. The molecule has 0 radical (unpaired) electrons. The van der Waals surface area contributed by atoms with Crippen molar-refractivity contribution in [2.45, 2.75) is 20.3 Å². The van der Waals surface area contributed by atoms with Gasteiger partial charge in [0.15, 0.2) is 0 Å². The molecule has 0 spiro atoms. The smallest absolute Gasteiger partial charge is 0.226 e. The molecule has 0 atom stereocenters. The Morgan fingerprint density at radius 1 is 1.05 bits per heavy atom. The Balaban J connectivity index is 0.00000361. The summed E-state index contributed by atoms with van der Waals surface area (Å²) in [5.41, 5.74) is 1.45. The fourth-order valence-corrected chi connectivity index (χ4v) is 1.39. The van der Waals surface area contributed by atoms with Gasteiger partial charge in [0.05, 0.1) is 0 Å². The van der Waals surface area contributed by atoms with Crippen molar-refractivity contribution >= 4 is 35.6 Å². The average molecular weight is 300 g/mol. The minimum absolute atomic E-state index is 0. The fourth-order valence-electron chi connectivity index (χ4n) is 1.39. The molecule has 0 bridgehead atoms. The number of anilines is 2. The minimum atomic E-state index is -0.0547. The van der Waals surface area contributed by atoms with Crippen LogP contribution in [0.3, 0.4) is 0 Å². The van der Waals surface area contributed by atoms with Gasteiger partial charge in [-0.15, -0.1) is 12.4 Å². The molecule has 0 heterocycles. The SMILES string of the molecule is CNCCC(=O)Nc1ccc(NC(=O)C(C)C)cc1.Cl. The van der Waals surface area contributed by atoms with E-state index in [4.69, 9.17) is 0 Å². The average Bonchev–Trinajstić information content (AvgIpc) is 2.38. The standard InChI is InChI=1S/C14H21N3O2.ClH/c1-10(2)14(19)17-12-6-4-11(5-7-12)16-13(18)8-9-15-3;/h4-7,10,15H,8-9H2,1-3H3,(H,16,18)(H,17,19);1H. The number of amides is 2. The highest BCUT2D eigenvalue weighted by Gasteiger charge is 2.07. The predicted octanol–water partition coefficient (Wildman–Crippen LogP) is 2.25. The van der Waals surface area contributed by atoms with Crippen molar-refractivity contribution in [3.63, 3.8) is 0 Å². The van der Waals surface area contributed by atoms with Crippen LogP contribution in [-0.4, -0.2) is 25.4 Å². The third-order valence-electron chi connectivity index (χ3n) is 2.56. The first kappa shape index (κ1) is 18.4. The lowest BCUT2D eigenvalue weighted by Gasteiger charge is -2.09. The van der Waals surface area contributed by atoms with Gasteiger partial charge in [0, 0.05) is 30.3 Å². The van der Waals surface area contributed by atoms with Gasteiger partial charge >= 0.3 is 0 Å². The highest BCUT2D eigenvalue weighted by atomic mass is 35.5. The number of rotatable bonds is 6. The van der Waals surface area contributed by atoms with Crippen LogP contribution in [0.1, 0.15) is 20.3 Å². The van der Waals surface area contributed by atoms with Crippen LogP contribution in [0.25, 0.3) is 0 Å². The highest BCUT2D eigenvalue weighted by molar-refractivity contribution is 5.93. The molecule has 1 aromatic rings. The lowest BCUT2D eigenvalue weighted by molar-refractivity contribution is -0.119. The Bertz CT molecular complexity index is 433. The number of nitrogens with one attached hydrogen (secondary N) is 3. The van der Waals surface area contributed by atoms with Crippen molar-refractivity contribution in [3.8, 4) is 0 Å². The van der Waals surface area contributed by atoms with Gasteiger partial charge in [0.2, 0.25) is 11.8 Å². The van der Waals surface area contributed by atoms with Gasteiger partial charge in [-0.1, -0.05) is 13.8 Å². The van der Waals surface area contributed by atoms with Crippen LogP contribution in [-0.2, 0) is 9.59 Å². The molecule has 112 valence electrons. The van der Waals surface area contributed by atoms with Gasteiger partial charge in [-0.2, -0.15) is 0 Å². The maximum Gasteiger partial charge on any atom is 0.226 e. The van der Waals surface area contributed by atoms with Gasteiger partial charge in [-0.05, 0) is 31.3 Å². The van der Waals surface area contributed by atoms with Crippen molar-refractivity contribution in [1.29, 1.82) is 0 Å².